The molecule has 0 amide bonds. The largest absolute Gasteiger partial charge is 0.426 e. The molecule has 0 radical (unpaired) electrons. The number of aromatic nitrogens is 1. The first-order valence-corrected chi connectivity index (χ1v) is 7.70. The Morgan fingerprint density at radius 1 is 1.19 bits per heavy atom. The molecule has 2 aromatic rings. The molecule has 0 spiro atoms. The van der Waals surface area contributed by atoms with Gasteiger partial charge in [-0.2, -0.15) is 0 Å². The lowest BCUT2D eigenvalue weighted by molar-refractivity contribution is -0.134. The van der Waals surface area contributed by atoms with Crippen LogP contribution in [-0.4, -0.2) is 10.5 Å². The van der Waals surface area contributed by atoms with Gasteiger partial charge in [0.2, 0.25) is 0 Å². The Balaban J connectivity index is 2.05. The maximum Gasteiger partial charge on any atom is 0.313 e. The number of benzene rings is 1. The van der Waals surface area contributed by atoms with E-state index in [1.807, 2.05) is 39.8 Å². The van der Waals surface area contributed by atoms with E-state index in [1.165, 1.54) is 0 Å². The van der Waals surface area contributed by atoms with E-state index in [9.17, 15) is 9.59 Å². The van der Waals surface area contributed by atoms with Gasteiger partial charge in [0.25, 0.3) is 0 Å². The van der Waals surface area contributed by atoms with Crippen molar-refractivity contribution in [1.82, 2.24) is 4.57 Å². The summed E-state index contributed by atoms with van der Waals surface area (Å²) in [6, 6.07) is 3.98. The van der Waals surface area contributed by atoms with Crippen LogP contribution in [0.15, 0.2) is 22.3 Å². The minimum absolute atomic E-state index is 0.0389. The first kappa shape index (κ1) is 15.5. The Kier molecular flexibility index (Phi) is 4.63. The number of hydrogen-bond donors (Lipinski definition) is 0. The third-order valence-corrected chi connectivity index (χ3v) is 4.22. The number of esters is 1. The first-order valence-electron chi connectivity index (χ1n) is 6.82. The van der Waals surface area contributed by atoms with Crippen LogP contribution in [0.1, 0.15) is 28.8 Å². The molecule has 1 aromatic heterocycles. The van der Waals surface area contributed by atoms with Crippen LogP contribution in [0.3, 0.4) is 0 Å². The van der Waals surface area contributed by atoms with Crippen molar-refractivity contribution in [1.29, 1.82) is 0 Å². The predicted molar refractivity (Wildman–Crippen MR) is 84.2 cm³/mol. The molecule has 0 unspecified atom stereocenters. The zero-order valence-corrected chi connectivity index (χ0v) is 13.5. The summed E-state index contributed by atoms with van der Waals surface area (Å²) in [5.74, 6) is 0.308. The maximum atomic E-state index is 12.0. The smallest absolute Gasteiger partial charge is 0.313 e. The molecule has 0 aliphatic rings. The molecular weight excluding hydrogens is 286 g/mol. The van der Waals surface area contributed by atoms with Gasteiger partial charge in [-0.3, -0.25) is 9.59 Å². The molecular formula is C16H19NO3S. The second kappa shape index (κ2) is 6.26. The Labute approximate surface area is 128 Å². The number of ether oxygens (including phenoxy) is 1. The number of aryl methyl sites for hydroxylation is 4. The zero-order valence-electron chi connectivity index (χ0n) is 12.7. The van der Waals surface area contributed by atoms with Crippen molar-refractivity contribution in [2.75, 3.05) is 0 Å². The van der Waals surface area contributed by atoms with E-state index in [-0.39, 0.29) is 17.3 Å². The number of nitrogens with zero attached hydrogens (tertiary/aromatic N) is 1. The van der Waals surface area contributed by atoms with E-state index >= 15 is 0 Å². The molecule has 0 N–H and O–H groups in total. The van der Waals surface area contributed by atoms with Crippen molar-refractivity contribution in [3.63, 3.8) is 0 Å². The lowest BCUT2D eigenvalue weighted by Crippen LogP contribution is -2.19. The average Bonchev–Trinajstić information content (AvgIpc) is 2.71. The van der Waals surface area contributed by atoms with Gasteiger partial charge in [0.1, 0.15) is 5.75 Å². The third-order valence-electron chi connectivity index (χ3n) is 3.34. The molecule has 0 aliphatic carbocycles. The summed E-state index contributed by atoms with van der Waals surface area (Å²) in [6.07, 6.45) is 0.185. The lowest BCUT2D eigenvalue weighted by atomic mass is 10.1. The van der Waals surface area contributed by atoms with Gasteiger partial charge in [-0.25, -0.2) is 0 Å². The minimum atomic E-state index is -0.317. The minimum Gasteiger partial charge on any atom is -0.426 e. The fourth-order valence-electron chi connectivity index (χ4n) is 2.37. The van der Waals surface area contributed by atoms with Crippen molar-refractivity contribution in [3.8, 4) is 5.75 Å². The van der Waals surface area contributed by atoms with E-state index in [2.05, 4.69) is 0 Å². The van der Waals surface area contributed by atoms with Crippen molar-refractivity contribution in [2.45, 2.75) is 40.7 Å². The number of carbonyl (C=O) groups excluding carboxylic acids is 1. The van der Waals surface area contributed by atoms with Gasteiger partial charge in [-0.15, -0.1) is 0 Å². The second-order valence-corrected chi connectivity index (χ2v) is 6.07. The molecule has 0 bridgehead atoms. The maximum absolute atomic E-state index is 12.0. The van der Waals surface area contributed by atoms with Crippen LogP contribution in [0.25, 0.3) is 0 Å². The second-order valence-electron chi connectivity index (χ2n) is 5.25. The Bertz CT molecular complexity index is 704. The standard InChI is InChI=1S/C16H19NO3S/c1-10-7-11(2)15(12(3)8-10)20-14(18)5-6-17-13(4)9-21-16(17)19/h7-9H,5-6H2,1-4H3. The quantitative estimate of drug-likeness (QED) is 0.644. The first-order chi connectivity index (χ1) is 9.88. The summed E-state index contributed by atoms with van der Waals surface area (Å²) in [4.78, 5) is 23.5. The van der Waals surface area contributed by atoms with Gasteiger partial charge < -0.3 is 9.30 Å². The fourth-order valence-corrected chi connectivity index (χ4v) is 3.13. The van der Waals surface area contributed by atoms with Crippen LogP contribution in [0.5, 0.6) is 5.75 Å². The molecule has 2 rings (SSSR count). The molecule has 0 saturated carbocycles. The number of thiazole rings is 1. The number of rotatable bonds is 4. The van der Waals surface area contributed by atoms with Gasteiger partial charge in [0.15, 0.2) is 0 Å². The zero-order chi connectivity index (χ0) is 15.6. The van der Waals surface area contributed by atoms with Gasteiger partial charge in [-0.1, -0.05) is 29.0 Å². The summed E-state index contributed by atoms with van der Waals surface area (Å²) in [5, 5.41) is 1.79. The highest BCUT2D eigenvalue weighted by Crippen LogP contribution is 2.24. The molecule has 0 aliphatic heterocycles. The summed E-state index contributed by atoms with van der Waals surface area (Å²) < 4.78 is 7.06. The van der Waals surface area contributed by atoms with Crippen LogP contribution in [0.4, 0.5) is 0 Å². The normalized spacial score (nSPS) is 10.7. The van der Waals surface area contributed by atoms with Crippen LogP contribution < -0.4 is 9.61 Å². The Morgan fingerprint density at radius 2 is 1.81 bits per heavy atom. The van der Waals surface area contributed by atoms with E-state index in [0.717, 1.165) is 33.7 Å². The highest BCUT2D eigenvalue weighted by Gasteiger charge is 2.12. The topological polar surface area (TPSA) is 48.3 Å². The van der Waals surface area contributed by atoms with E-state index in [0.29, 0.717) is 12.3 Å². The summed E-state index contributed by atoms with van der Waals surface area (Å²) in [6.45, 7) is 8.08. The highest BCUT2D eigenvalue weighted by molar-refractivity contribution is 7.07. The molecule has 21 heavy (non-hydrogen) atoms. The van der Waals surface area contributed by atoms with Crippen LogP contribution in [0.2, 0.25) is 0 Å². The van der Waals surface area contributed by atoms with Crippen molar-refractivity contribution >= 4 is 17.3 Å². The van der Waals surface area contributed by atoms with Crippen LogP contribution in [-0.2, 0) is 11.3 Å². The summed E-state index contributed by atoms with van der Waals surface area (Å²) in [7, 11) is 0. The molecule has 5 heteroatoms. The Hall–Kier alpha value is -1.88. The SMILES string of the molecule is Cc1cc(C)c(OC(=O)CCn2c(C)csc2=O)c(C)c1. The predicted octanol–water partition coefficient (Wildman–Crippen LogP) is 3.14. The fraction of sp³-hybridized carbons (Fsp3) is 0.375. The molecule has 4 nitrogen and oxygen atoms in total. The monoisotopic (exact) mass is 305 g/mol. The number of carbonyl (C=O) groups is 1. The highest BCUT2D eigenvalue weighted by atomic mass is 32.1. The van der Waals surface area contributed by atoms with Crippen LogP contribution in [0, 0.1) is 27.7 Å². The van der Waals surface area contributed by atoms with Crippen molar-refractivity contribution in [2.24, 2.45) is 0 Å². The average molecular weight is 305 g/mol. The molecule has 0 saturated heterocycles. The van der Waals surface area contributed by atoms with E-state index in [1.54, 1.807) is 9.95 Å². The van der Waals surface area contributed by atoms with E-state index in [4.69, 9.17) is 4.74 Å². The summed E-state index contributed by atoms with van der Waals surface area (Å²) >= 11 is 1.15. The molecule has 1 aromatic carbocycles. The van der Waals surface area contributed by atoms with Gasteiger partial charge >= 0.3 is 10.8 Å². The molecule has 0 fully saturated rings. The van der Waals surface area contributed by atoms with Crippen molar-refractivity contribution < 1.29 is 9.53 Å². The molecule has 1 heterocycles. The summed E-state index contributed by atoms with van der Waals surface area (Å²) in [5.41, 5.74) is 3.92. The third kappa shape index (κ3) is 3.61. The van der Waals surface area contributed by atoms with E-state index < -0.39 is 0 Å². The Morgan fingerprint density at radius 3 is 2.33 bits per heavy atom. The molecule has 112 valence electrons. The van der Waals surface area contributed by atoms with Gasteiger partial charge in [0, 0.05) is 17.6 Å². The number of hydrogen-bond acceptors (Lipinski definition) is 4. The van der Waals surface area contributed by atoms with Crippen molar-refractivity contribution in [3.05, 3.63) is 49.6 Å². The van der Waals surface area contributed by atoms with Crippen LogP contribution >= 0.6 is 11.3 Å². The van der Waals surface area contributed by atoms with Gasteiger partial charge in [-0.05, 0) is 38.8 Å². The molecule has 0 atom stereocenters. The van der Waals surface area contributed by atoms with Gasteiger partial charge in [0.05, 0.1) is 6.42 Å². The lowest BCUT2D eigenvalue weighted by Gasteiger charge is -2.12.